The van der Waals surface area contributed by atoms with Crippen LogP contribution in [0.25, 0.3) is 0 Å². The molecule has 0 aliphatic rings. The highest BCUT2D eigenvalue weighted by atomic mass is 32.2. The van der Waals surface area contributed by atoms with Crippen molar-refractivity contribution < 1.29 is 13.2 Å². The minimum absolute atomic E-state index is 0.0701. The predicted molar refractivity (Wildman–Crippen MR) is 132 cm³/mol. The van der Waals surface area contributed by atoms with Gasteiger partial charge in [-0.3, -0.25) is 4.79 Å². The van der Waals surface area contributed by atoms with Crippen LogP contribution in [0.1, 0.15) is 27.0 Å². The van der Waals surface area contributed by atoms with Crippen LogP contribution in [0.15, 0.2) is 114 Å². The highest BCUT2D eigenvalue weighted by molar-refractivity contribution is 7.93. The Kier molecular flexibility index (Phi) is 6.71. The molecule has 0 bridgehead atoms. The number of rotatable bonds is 7. The number of amides is 1. The van der Waals surface area contributed by atoms with Gasteiger partial charge in [0.2, 0.25) is 0 Å². The zero-order valence-electron chi connectivity index (χ0n) is 18.4. The minimum Gasteiger partial charge on any atom is -0.268 e. The van der Waals surface area contributed by atoms with Gasteiger partial charge in [-0.25, -0.2) is 8.42 Å². The van der Waals surface area contributed by atoms with Gasteiger partial charge in [-0.15, -0.1) is 0 Å². The molecule has 166 valence electrons. The summed E-state index contributed by atoms with van der Waals surface area (Å²) in [6.07, 6.45) is 1.38. The molecule has 0 aliphatic heterocycles. The first-order valence-electron chi connectivity index (χ1n) is 10.8. The number of nitrogens with zero attached hydrogens (tertiary/aromatic N) is 1. The summed E-state index contributed by atoms with van der Waals surface area (Å²) in [7, 11) is -4.11. The summed E-state index contributed by atoms with van der Waals surface area (Å²) < 4.78 is 28.2. The van der Waals surface area contributed by atoms with E-state index in [1.807, 2.05) is 49.4 Å². The molecule has 0 spiro atoms. The van der Waals surface area contributed by atoms with Crippen LogP contribution in [0, 0.1) is 6.92 Å². The molecule has 0 aliphatic carbocycles. The highest BCUT2D eigenvalue weighted by Gasteiger charge is 2.32. The summed E-state index contributed by atoms with van der Waals surface area (Å²) in [6.45, 7) is 1.92. The molecule has 5 heteroatoms. The van der Waals surface area contributed by atoms with Crippen LogP contribution < -0.4 is 4.31 Å². The third-order valence-electron chi connectivity index (χ3n) is 5.51. The van der Waals surface area contributed by atoms with Crippen LogP contribution in [0.5, 0.6) is 0 Å². The summed E-state index contributed by atoms with van der Waals surface area (Å²) >= 11 is 0. The Hall–Kier alpha value is -3.70. The fourth-order valence-corrected chi connectivity index (χ4v) is 5.15. The molecular weight excluding hydrogens is 430 g/mol. The third-order valence-corrected chi connectivity index (χ3v) is 7.23. The maximum absolute atomic E-state index is 13.8. The maximum Gasteiger partial charge on any atom is 0.272 e. The van der Waals surface area contributed by atoms with Crippen LogP contribution in [0.4, 0.5) is 5.69 Å². The number of aryl methyl sites for hydroxylation is 3. The van der Waals surface area contributed by atoms with Crippen LogP contribution in [-0.2, 0) is 22.9 Å². The van der Waals surface area contributed by atoms with Crippen molar-refractivity contribution in [1.29, 1.82) is 0 Å². The Morgan fingerprint density at radius 3 is 1.94 bits per heavy atom. The van der Waals surface area contributed by atoms with E-state index in [1.54, 1.807) is 54.6 Å². The number of hydrogen-bond acceptors (Lipinski definition) is 3. The number of sulfonamides is 1. The zero-order chi connectivity index (χ0) is 23.3. The van der Waals surface area contributed by atoms with Crippen molar-refractivity contribution in [3.63, 3.8) is 0 Å². The maximum atomic E-state index is 13.8. The first kappa shape index (κ1) is 22.5. The minimum atomic E-state index is -4.11. The molecule has 0 N–H and O–H groups in total. The molecule has 4 aromatic rings. The predicted octanol–water partition coefficient (Wildman–Crippen LogP) is 5.82. The van der Waals surface area contributed by atoms with Crippen LogP contribution in [0.3, 0.4) is 0 Å². The van der Waals surface area contributed by atoms with Crippen LogP contribution >= 0.6 is 0 Å². The van der Waals surface area contributed by atoms with Gasteiger partial charge in [0, 0.05) is 5.56 Å². The summed E-state index contributed by atoms with van der Waals surface area (Å²) in [6, 6.07) is 32.2. The molecule has 0 unspecified atom stereocenters. The van der Waals surface area contributed by atoms with E-state index >= 15 is 0 Å². The van der Waals surface area contributed by atoms with E-state index in [4.69, 9.17) is 0 Å². The van der Waals surface area contributed by atoms with E-state index in [0.717, 1.165) is 27.4 Å². The largest absolute Gasteiger partial charge is 0.272 e. The van der Waals surface area contributed by atoms with E-state index in [-0.39, 0.29) is 4.90 Å². The van der Waals surface area contributed by atoms with Crippen molar-refractivity contribution in [3.05, 3.63) is 131 Å². The van der Waals surface area contributed by atoms with E-state index in [2.05, 4.69) is 0 Å². The number of carbonyl (C=O) groups is 1. The quantitative estimate of drug-likeness (QED) is 0.353. The second-order valence-electron chi connectivity index (χ2n) is 7.87. The van der Waals surface area contributed by atoms with Gasteiger partial charge in [0.05, 0.1) is 10.6 Å². The topological polar surface area (TPSA) is 54.5 Å². The monoisotopic (exact) mass is 455 g/mol. The summed E-state index contributed by atoms with van der Waals surface area (Å²) in [5.74, 6) is -0.564. The normalized spacial score (nSPS) is 11.2. The fourth-order valence-electron chi connectivity index (χ4n) is 3.72. The third kappa shape index (κ3) is 5.04. The molecule has 0 aromatic heterocycles. The van der Waals surface area contributed by atoms with Gasteiger partial charge < -0.3 is 0 Å². The van der Waals surface area contributed by atoms with Gasteiger partial charge in [-0.1, -0.05) is 84.4 Å². The van der Waals surface area contributed by atoms with Crippen molar-refractivity contribution >= 4 is 21.6 Å². The summed E-state index contributed by atoms with van der Waals surface area (Å²) in [5, 5.41) is 0. The molecule has 4 rings (SSSR count). The first-order chi connectivity index (χ1) is 16.0. The van der Waals surface area contributed by atoms with Crippen molar-refractivity contribution in [2.24, 2.45) is 0 Å². The molecule has 33 heavy (non-hydrogen) atoms. The lowest BCUT2D eigenvalue weighted by Gasteiger charge is -2.24. The molecule has 0 atom stereocenters. The van der Waals surface area contributed by atoms with Gasteiger partial charge in [0.25, 0.3) is 15.9 Å². The Morgan fingerprint density at radius 1 is 0.697 bits per heavy atom. The highest BCUT2D eigenvalue weighted by Crippen LogP contribution is 2.27. The van der Waals surface area contributed by atoms with Gasteiger partial charge in [0.1, 0.15) is 0 Å². The Balaban J connectivity index is 1.76. The van der Waals surface area contributed by atoms with Gasteiger partial charge in [-0.2, -0.15) is 4.31 Å². The average Bonchev–Trinajstić information content (AvgIpc) is 2.85. The van der Waals surface area contributed by atoms with E-state index in [1.165, 1.54) is 12.1 Å². The van der Waals surface area contributed by atoms with Crippen LogP contribution in [-0.4, -0.2) is 14.3 Å². The standard InChI is InChI=1S/C28H25NO3S/c1-22-16-20-25(21-17-22)29(33(31,32)26-13-6-3-7-14-26)28(30)27-15-9-8-12-24(27)19-18-23-10-4-2-5-11-23/h2-17,20-21H,18-19H2,1H3. The number of benzene rings is 4. The molecular formula is C28H25NO3S. The molecule has 0 radical (unpaired) electrons. The lowest BCUT2D eigenvalue weighted by Crippen LogP contribution is -2.37. The second kappa shape index (κ2) is 9.84. The zero-order valence-corrected chi connectivity index (χ0v) is 19.2. The number of carbonyl (C=O) groups excluding carboxylic acids is 1. The molecule has 4 aromatic carbocycles. The van der Waals surface area contributed by atoms with Crippen molar-refractivity contribution in [1.82, 2.24) is 0 Å². The van der Waals surface area contributed by atoms with E-state index < -0.39 is 15.9 Å². The summed E-state index contributed by atoms with van der Waals surface area (Å²) in [5.41, 5.74) is 3.64. The lowest BCUT2D eigenvalue weighted by atomic mass is 9.99. The van der Waals surface area contributed by atoms with E-state index in [0.29, 0.717) is 17.7 Å². The Bertz CT molecular complexity index is 1330. The molecule has 0 saturated heterocycles. The molecule has 1 amide bonds. The molecule has 0 fully saturated rings. The molecule has 4 nitrogen and oxygen atoms in total. The fraction of sp³-hybridized carbons (Fsp3) is 0.107. The van der Waals surface area contributed by atoms with Crippen molar-refractivity contribution in [3.8, 4) is 0 Å². The number of anilines is 1. The second-order valence-corrected chi connectivity index (χ2v) is 9.65. The Morgan fingerprint density at radius 2 is 1.27 bits per heavy atom. The van der Waals surface area contributed by atoms with Crippen LogP contribution in [0.2, 0.25) is 0 Å². The first-order valence-corrected chi connectivity index (χ1v) is 12.2. The number of hydrogen-bond donors (Lipinski definition) is 0. The van der Waals surface area contributed by atoms with Gasteiger partial charge in [-0.05, 0) is 61.2 Å². The van der Waals surface area contributed by atoms with Gasteiger partial charge >= 0.3 is 0 Å². The molecule has 0 saturated carbocycles. The average molecular weight is 456 g/mol. The van der Waals surface area contributed by atoms with Crippen molar-refractivity contribution in [2.45, 2.75) is 24.7 Å². The SMILES string of the molecule is Cc1ccc(N(C(=O)c2ccccc2CCc2ccccc2)S(=O)(=O)c2ccccc2)cc1. The van der Waals surface area contributed by atoms with Crippen molar-refractivity contribution in [2.75, 3.05) is 4.31 Å². The van der Waals surface area contributed by atoms with E-state index in [9.17, 15) is 13.2 Å². The van der Waals surface area contributed by atoms with Gasteiger partial charge in [0.15, 0.2) is 0 Å². The smallest absolute Gasteiger partial charge is 0.268 e. The Labute approximate surface area is 195 Å². The molecule has 0 heterocycles. The lowest BCUT2D eigenvalue weighted by molar-refractivity contribution is 0.100. The summed E-state index contributed by atoms with van der Waals surface area (Å²) in [4.78, 5) is 13.9.